The number of nitrogens with one attached hydrogen (secondary N) is 2. The van der Waals surface area contributed by atoms with Crippen molar-refractivity contribution in [1.29, 1.82) is 0 Å². The van der Waals surface area contributed by atoms with Crippen LogP contribution in [0.5, 0.6) is 0 Å². The van der Waals surface area contributed by atoms with Gasteiger partial charge in [0.15, 0.2) is 5.16 Å². The van der Waals surface area contributed by atoms with E-state index < -0.39 is 0 Å². The van der Waals surface area contributed by atoms with Crippen molar-refractivity contribution in [2.45, 2.75) is 23.0 Å². The lowest BCUT2D eigenvalue weighted by Crippen LogP contribution is -2.20. The van der Waals surface area contributed by atoms with E-state index in [1.165, 1.54) is 11.8 Å². The molecule has 27 heavy (non-hydrogen) atoms. The van der Waals surface area contributed by atoms with E-state index in [-0.39, 0.29) is 17.3 Å². The molecule has 0 aliphatic heterocycles. The standard InChI is InChI=1S/C19H20N4O2S2/c1-26-16-10-6-5-9-15(16)20-17(24)13-27-19-22-21-18(25)23(19)12-11-14-7-3-2-4-8-14/h2-10H,11-13H2,1H3,(H,20,24)(H,21,25). The molecule has 1 amide bonds. The number of anilines is 1. The van der Waals surface area contributed by atoms with E-state index in [0.717, 1.165) is 22.6 Å². The lowest BCUT2D eigenvalue weighted by molar-refractivity contribution is -0.113. The fourth-order valence-electron chi connectivity index (χ4n) is 2.56. The minimum Gasteiger partial charge on any atom is -0.324 e. The van der Waals surface area contributed by atoms with Crippen LogP contribution in [0.4, 0.5) is 5.69 Å². The van der Waals surface area contributed by atoms with Crippen LogP contribution in [0.3, 0.4) is 0 Å². The number of aryl methyl sites for hydroxylation is 1. The Balaban J connectivity index is 1.59. The van der Waals surface area contributed by atoms with Crippen molar-refractivity contribution in [1.82, 2.24) is 14.8 Å². The molecule has 0 atom stereocenters. The third-order valence-corrected chi connectivity index (χ3v) is 5.68. The molecule has 0 radical (unpaired) electrons. The van der Waals surface area contributed by atoms with Gasteiger partial charge in [-0.15, -0.1) is 16.9 Å². The Morgan fingerprint density at radius 2 is 1.89 bits per heavy atom. The van der Waals surface area contributed by atoms with Gasteiger partial charge in [0.25, 0.3) is 0 Å². The predicted octanol–water partition coefficient (Wildman–Crippen LogP) is 3.27. The zero-order valence-electron chi connectivity index (χ0n) is 14.8. The number of nitrogens with zero attached hydrogens (tertiary/aromatic N) is 2. The van der Waals surface area contributed by atoms with Gasteiger partial charge in [0.05, 0.1) is 11.4 Å². The Morgan fingerprint density at radius 3 is 2.67 bits per heavy atom. The summed E-state index contributed by atoms with van der Waals surface area (Å²) in [5.74, 6) is 0.0461. The summed E-state index contributed by atoms with van der Waals surface area (Å²) in [5, 5.41) is 9.94. The second-order valence-electron chi connectivity index (χ2n) is 5.74. The molecular formula is C19H20N4O2S2. The van der Waals surface area contributed by atoms with Crippen LogP contribution in [0.1, 0.15) is 5.56 Å². The first-order valence-corrected chi connectivity index (χ1v) is 10.6. The van der Waals surface area contributed by atoms with Gasteiger partial charge in [-0.1, -0.05) is 54.2 Å². The maximum atomic E-state index is 12.3. The second kappa shape index (κ2) is 9.48. The van der Waals surface area contributed by atoms with Crippen LogP contribution in [-0.2, 0) is 17.8 Å². The average Bonchev–Trinajstić information content (AvgIpc) is 3.05. The third kappa shape index (κ3) is 5.27. The van der Waals surface area contributed by atoms with Crippen LogP contribution in [0, 0.1) is 0 Å². The number of carbonyl (C=O) groups is 1. The number of hydrogen-bond acceptors (Lipinski definition) is 5. The van der Waals surface area contributed by atoms with Gasteiger partial charge in [-0.25, -0.2) is 9.89 Å². The lowest BCUT2D eigenvalue weighted by Gasteiger charge is -2.09. The van der Waals surface area contributed by atoms with Crippen LogP contribution < -0.4 is 11.0 Å². The average molecular weight is 401 g/mol. The highest BCUT2D eigenvalue weighted by Gasteiger charge is 2.12. The van der Waals surface area contributed by atoms with Crippen molar-refractivity contribution in [2.75, 3.05) is 17.3 Å². The Hall–Kier alpha value is -2.45. The number of para-hydroxylation sites is 1. The van der Waals surface area contributed by atoms with Gasteiger partial charge in [-0.05, 0) is 30.4 Å². The number of aromatic amines is 1. The van der Waals surface area contributed by atoms with E-state index in [1.54, 1.807) is 16.3 Å². The molecule has 140 valence electrons. The maximum absolute atomic E-state index is 12.3. The molecule has 8 heteroatoms. The molecule has 0 fully saturated rings. The number of hydrogen-bond donors (Lipinski definition) is 2. The van der Waals surface area contributed by atoms with E-state index in [9.17, 15) is 9.59 Å². The molecule has 2 aromatic carbocycles. The normalized spacial score (nSPS) is 10.7. The Bertz CT molecular complexity index is 954. The quantitative estimate of drug-likeness (QED) is 0.567. The maximum Gasteiger partial charge on any atom is 0.343 e. The fraction of sp³-hybridized carbons (Fsp3) is 0.211. The smallest absolute Gasteiger partial charge is 0.324 e. The number of thioether (sulfide) groups is 2. The highest BCUT2D eigenvalue weighted by Crippen LogP contribution is 2.25. The highest BCUT2D eigenvalue weighted by molar-refractivity contribution is 7.99. The monoisotopic (exact) mass is 400 g/mol. The molecule has 0 saturated carbocycles. The molecule has 3 rings (SSSR count). The van der Waals surface area contributed by atoms with Crippen LogP contribution in [-0.4, -0.2) is 32.7 Å². The minimum atomic E-state index is -0.262. The number of aromatic nitrogens is 3. The number of amides is 1. The van der Waals surface area contributed by atoms with E-state index in [1.807, 2.05) is 60.9 Å². The molecule has 3 aromatic rings. The van der Waals surface area contributed by atoms with Gasteiger partial charge in [-0.3, -0.25) is 9.36 Å². The Morgan fingerprint density at radius 1 is 1.15 bits per heavy atom. The molecule has 0 bridgehead atoms. The van der Waals surface area contributed by atoms with Crippen LogP contribution in [0.2, 0.25) is 0 Å². The highest BCUT2D eigenvalue weighted by atomic mass is 32.2. The van der Waals surface area contributed by atoms with E-state index in [0.29, 0.717) is 11.7 Å². The first-order chi connectivity index (χ1) is 13.2. The molecule has 2 N–H and O–H groups in total. The SMILES string of the molecule is CSc1ccccc1NC(=O)CSc1n[nH]c(=O)n1CCc1ccccc1. The van der Waals surface area contributed by atoms with Gasteiger partial charge in [0, 0.05) is 11.4 Å². The lowest BCUT2D eigenvalue weighted by atomic mass is 10.1. The number of benzene rings is 2. The van der Waals surface area contributed by atoms with Crippen LogP contribution in [0.25, 0.3) is 0 Å². The van der Waals surface area contributed by atoms with Gasteiger partial charge >= 0.3 is 5.69 Å². The molecule has 1 aromatic heterocycles. The summed E-state index contributed by atoms with van der Waals surface area (Å²) >= 11 is 2.82. The summed E-state index contributed by atoms with van der Waals surface area (Å²) in [6.07, 6.45) is 2.69. The summed E-state index contributed by atoms with van der Waals surface area (Å²) in [4.78, 5) is 25.3. The molecule has 1 heterocycles. The minimum absolute atomic E-state index is 0.133. The first-order valence-electron chi connectivity index (χ1n) is 8.42. The molecule has 0 saturated heterocycles. The molecule has 6 nitrogen and oxygen atoms in total. The van der Waals surface area contributed by atoms with Gasteiger partial charge < -0.3 is 5.32 Å². The molecule has 0 spiro atoms. The molecule has 0 aliphatic rings. The summed E-state index contributed by atoms with van der Waals surface area (Å²) in [6, 6.07) is 17.6. The summed E-state index contributed by atoms with van der Waals surface area (Å²) in [5.41, 5.74) is 1.67. The van der Waals surface area contributed by atoms with Crippen LogP contribution in [0.15, 0.2) is 69.4 Å². The number of H-pyrrole nitrogens is 1. The van der Waals surface area contributed by atoms with E-state index in [2.05, 4.69) is 15.5 Å². The van der Waals surface area contributed by atoms with Crippen molar-refractivity contribution in [3.05, 3.63) is 70.6 Å². The Kier molecular flexibility index (Phi) is 6.78. The fourth-order valence-corrected chi connectivity index (χ4v) is 3.89. The zero-order valence-corrected chi connectivity index (χ0v) is 16.5. The topological polar surface area (TPSA) is 79.8 Å². The van der Waals surface area contributed by atoms with Crippen molar-refractivity contribution in [2.24, 2.45) is 0 Å². The van der Waals surface area contributed by atoms with Gasteiger partial charge in [-0.2, -0.15) is 0 Å². The molecular weight excluding hydrogens is 380 g/mol. The number of rotatable bonds is 8. The zero-order chi connectivity index (χ0) is 19.1. The Labute approximate surface area is 165 Å². The summed E-state index contributed by atoms with van der Waals surface area (Å²) in [7, 11) is 0. The van der Waals surface area contributed by atoms with Crippen molar-refractivity contribution >= 4 is 35.1 Å². The van der Waals surface area contributed by atoms with Crippen LogP contribution >= 0.6 is 23.5 Å². The van der Waals surface area contributed by atoms with Gasteiger partial charge in [0.1, 0.15) is 0 Å². The predicted molar refractivity (Wildman–Crippen MR) is 111 cm³/mol. The number of carbonyl (C=O) groups excluding carboxylic acids is 1. The van der Waals surface area contributed by atoms with Crippen molar-refractivity contribution in [3.63, 3.8) is 0 Å². The van der Waals surface area contributed by atoms with Crippen molar-refractivity contribution in [3.8, 4) is 0 Å². The van der Waals surface area contributed by atoms with E-state index >= 15 is 0 Å². The van der Waals surface area contributed by atoms with Crippen molar-refractivity contribution < 1.29 is 4.79 Å². The third-order valence-electron chi connectivity index (χ3n) is 3.90. The summed E-state index contributed by atoms with van der Waals surface area (Å²) < 4.78 is 1.57. The second-order valence-corrected chi connectivity index (χ2v) is 7.53. The van der Waals surface area contributed by atoms with Gasteiger partial charge in [0.2, 0.25) is 5.91 Å². The largest absolute Gasteiger partial charge is 0.343 e. The summed E-state index contributed by atoms with van der Waals surface area (Å²) in [6.45, 7) is 0.513. The van der Waals surface area contributed by atoms with E-state index in [4.69, 9.17) is 0 Å². The molecule has 0 aliphatic carbocycles. The first kappa shape index (κ1) is 19.3. The molecule has 0 unspecified atom stereocenters.